The zero-order valence-corrected chi connectivity index (χ0v) is 12.0. The average molecular weight is 334 g/mol. The lowest BCUT2D eigenvalue weighted by Crippen LogP contribution is -2.15. The van der Waals surface area contributed by atoms with Crippen LogP contribution in [0.25, 0.3) is 0 Å². The summed E-state index contributed by atoms with van der Waals surface area (Å²) in [4.78, 5) is -0.824. The summed E-state index contributed by atoms with van der Waals surface area (Å²) >= 11 is 0. The van der Waals surface area contributed by atoms with Gasteiger partial charge in [0.25, 0.3) is 0 Å². The van der Waals surface area contributed by atoms with Gasteiger partial charge in [0.15, 0.2) is 5.75 Å². The zero-order valence-electron chi connectivity index (χ0n) is 11.2. The van der Waals surface area contributed by atoms with Crippen LogP contribution in [0.5, 0.6) is 5.75 Å². The van der Waals surface area contributed by atoms with Crippen molar-refractivity contribution in [3.63, 3.8) is 0 Å². The van der Waals surface area contributed by atoms with Crippen LogP contribution in [0.1, 0.15) is 11.1 Å². The highest BCUT2D eigenvalue weighted by molar-refractivity contribution is 7.87. The van der Waals surface area contributed by atoms with E-state index < -0.39 is 38.3 Å². The first kappa shape index (κ1) is 16.3. The van der Waals surface area contributed by atoms with Gasteiger partial charge in [-0.2, -0.15) is 21.6 Å². The third-order valence-corrected chi connectivity index (χ3v) is 4.02. The Balaban J connectivity index is 2.46. The Kier molecular flexibility index (Phi) is 4.15. The maximum atomic E-state index is 13.7. The Hall–Kier alpha value is -2.09. The minimum absolute atomic E-state index is 0.465. The van der Waals surface area contributed by atoms with Crippen molar-refractivity contribution in [3.05, 3.63) is 59.4 Å². The third-order valence-electron chi connectivity index (χ3n) is 2.75. The lowest BCUT2D eigenvalue weighted by molar-refractivity contribution is -0.138. The van der Waals surface area contributed by atoms with Crippen molar-refractivity contribution in [1.82, 2.24) is 0 Å². The first-order chi connectivity index (χ1) is 10.1. The Morgan fingerprint density at radius 3 is 2.27 bits per heavy atom. The van der Waals surface area contributed by atoms with Crippen molar-refractivity contribution in [2.24, 2.45) is 0 Å². The van der Waals surface area contributed by atoms with Crippen LogP contribution in [0.4, 0.5) is 17.6 Å². The normalized spacial score (nSPS) is 12.2. The number of hydrogen-bond acceptors (Lipinski definition) is 3. The second-order valence-corrected chi connectivity index (χ2v) is 5.98. The molecule has 0 aliphatic carbocycles. The van der Waals surface area contributed by atoms with Crippen molar-refractivity contribution < 1.29 is 30.2 Å². The lowest BCUT2D eigenvalue weighted by Gasteiger charge is -2.13. The maximum Gasteiger partial charge on any atom is 0.420 e. The van der Waals surface area contributed by atoms with Crippen LogP contribution >= 0.6 is 0 Å². The molecule has 118 valence electrons. The van der Waals surface area contributed by atoms with Crippen LogP contribution in [0.2, 0.25) is 0 Å². The summed E-state index contributed by atoms with van der Waals surface area (Å²) in [5.41, 5.74) is -0.793. The fourth-order valence-electron chi connectivity index (χ4n) is 1.75. The number of halogens is 4. The minimum Gasteiger partial charge on any atom is -0.378 e. The molecular formula is C14H10F4O3S. The number of benzene rings is 2. The molecule has 3 nitrogen and oxygen atoms in total. The quantitative estimate of drug-likeness (QED) is 0.631. The van der Waals surface area contributed by atoms with E-state index in [0.29, 0.717) is 11.6 Å². The van der Waals surface area contributed by atoms with Crippen LogP contribution in [-0.4, -0.2) is 8.42 Å². The first-order valence-electron chi connectivity index (χ1n) is 5.98. The smallest absolute Gasteiger partial charge is 0.378 e. The van der Waals surface area contributed by atoms with Gasteiger partial charge in [0.05, 0.1) is 5.56 Å². The van der Waals surface area contributed by atoms with Gasteiger partial charge < -0.3 is 4.18 Å². The third kappa shape index (κ3) is 3.38. The van der Waals surface area contributed by atoms with Gasteiger partial charge in [-0.25, -0.2) is 4.39 Å². The Bertz CT molecular complexity index is 798. The zero-order chi connectivity index (χ0) is 16.5. The molecule has 2 rings (SSSR count). The number of aryl methyl sites for hydroxylation is 1. The average Bonchev–Trinajstić information content (AvgIpc) is 2.36. The van der Waals surface area contributed by atoms with Gasteiger partial charge in [-0.15, -0.1) is 0 Å². The minimum atomic E-state index is -4.79. The fraction of sp³-hybridized carbons (Fsp3) is 0.143. The van der Waals surface area contributed by atoms with Gasteiger partial charge in [-0.1, -0.05) is 18.2 Å². The van der Waals surface area contributed by atoms with E-state index in [1.807, 2.05) is 0 Å². The van der Waals surface area contributed by atoms with Crippen molar-refractivity contribution in [2.45, 2.75) is 18.0 Å². The molecule has 0 aliphatic heterocycles. The molecule has 0 saturated heterocycles. The summed E-state index contributed by atoms with van der Waals surface area (Å²) in [6.07, 6.45) is -4.79. The molecule has 0 radical (unpaired) electrons. The Morgan fingerprint density at radius 2 is 1.68 bits per heavy atom. The van der Waals surface area contributed by atoms with Gasteiger partial charge in [0.1, 0.15) is 10.7 Å². The van der Waals surface area contributed by atoms with E-state index in [0.717, 1.165) is 24.3 Å². The summed E-state index contributed by atoms with van der Waals surface area (Å²) in [6, 6.07) is 7.01. The highest BCUT2D eigenvalue weighted by Crippen LogP contribution is 2.37. The largest absolute Gasteiger partial charge is 0.420 e. The summed E-state index contributed by atoms with van der Waals surface area (Å²) in [7, 11) is -4.72. The molecule has 8 heteroatoms. The highest BCUT2D eigenvalue weighted by Gasteiger charge is 2.35. The lowest BCUT2D eigenvalue weighted by atomic mass is 10.2. The summed E-state index contributed by atoms with van der Waals surface area (Å²) in [5, 5.41) is 0. The van der Waals surface area contributed by atoms with Crippen LogP contribution in [0.15, 0.2) is 47.4 Å². The molecule has 2 aromatic rings. The highest BCUT2D eigenvalue weighted by atomic mass is 32.2. The first-order valence-corrected chi connectivity index (χ1v) is 7.39. The molecule has 0 heterocycles. The maximum absolute atomic E-state index is 13.7. The second kappa shape index (κ2) is 5.60. The molecule has 0 aromatic heterocycles. The molecule has 0 aliphatic rings. The molecule has 0 spiro atoms. The summed E-state index contributed by atoms with van der Waals surface area (Å²) in [5.74, 6) is -2.00. The molecule has 0 bridgehead atoms. The van der Waals surface area contributed by atoms with E-state index in [2.05, 4.69) is 4.18 Å². The van der Waals surface area contributed by atoms with E-state index in [1.165, 1.54) is 12.1 Å². The molecule has 0 fully saturated rings. The van der Waals surface area contributed by atoms with Crippen LogP contribution in [0.3, 0.4) is 0 Å². The van der Waals surface area contributed by atoms with Gasteiger partial charge in [0, 0.05) is 0 Å². The van der Waals surface area contributed by atoms with E-state index in [-0.39, 0.29) is 0 Å². The second-order valence-electron chi connectivity index (χ2n) is 4.47. The monoisotopic (exact) mass is 334 g/mol. The van der Waals surface area contributed by atoms with Gasteiger partial charge in [0.2, 0.25) is 0 Å². The SMILES string of the molecule is Cc1ccc(S(=O)(=O)Oc2ccccc2C(F)(F)F)c(F)c1. The number of rotatable bonds is 3. The Morgan fingerprint density at radius 1 is 1.05 bits per heavy atom. The molecule has 0 unspecified atom stereocenters. The van der Waals surface area contributed by atoms with E-state index in [9.17, 15) is 26.0 Å². The van der Waals surface area contributed by atoms with Crippen LogP contribution in [-0.2, 0) is 16.3 Å². The Labute approximate surface area is 124 Å². The molecule has 0 saturated carbocycles. The van der Waals surface area contributed by atoms with E-state index in [4.69, 9.17) is 0 Å². The topological polar surface area (TPSA) is 43.4 Å². The van der Waals surface area contributed by atoms with Gasteiger partial charge >= 0.3 is 16.3 Å². The fourth-order valence-corrected chi connectivity index (χ4v) is 2.75. The molecule has 22 heavy (non-hydrogen) atoms. The predicted octanol–water partition coefficient (Wildman–Crippen LogP) is 3.92. The summed E-state index contributed by atoms with van der Waals surface area (Å²) < 4.78 is 80.6. The van der Waals surface area contributed by atoms with Crippen molar-refractivity contribution in [3.8, 4) is 5.75 Å². The van der Waals surface area contributed by atoms with Crippen LogP contribution < -0.4 is 4.18 Å². The molecule has 0 atom stereocenters. The standard InChI is InChI=1S/C14H10F4O3S/c1-9-6-7-13(11(15)8-9)22(19,20)21-12-5-3-2-4-10(12)14(16,17)18/h2-8H,1H3. The van der Waals surface area contributed by atoms with Crippen molar-refractivity contribution in [2.75, 3.05) is 0 Å². The van der Waals surface area contributed by atoms with Gasteiger partial charge in [-0.05, 0) is 36.8 Å². The number of hydrogen-bond donors (Lipinski definition) is 0. The van der Waals surface area contributed by atoms with Crippen molar-refractivity contribution >= 4 is 10.1 Å². The van der Waals surface area contributed by atoms with E-state index in [1.54, 1.807) is 6.92 Å². The summed E-state index contributed by atoms with van der Waals surface area (Å²) in [6.45, 7) is 1.54. The number of para-hydroxylation sites is 1. The van der Waals surface area contributed by atoms with E-state index >= 15 is 0 Å². The van der Waals surface area contributed by atoms with Crippen molar-refractivity contribution in [1.29, 1.82) is 0 Å². The number of alkyl halides is 3. The molecule has 0 N–H and O–H groups in total. The molecular weight excluding hydrogens is 324 g/mol. The molecule has 2 aromatic carbocycles. The molecule has 0 amide bonds. The predicted molar refractivity (Wildman–Crippen MR) is 70.4 cm³/mol. The van der Waals surface area contributed by atoms with Gasteiger partial charge in [-0.3, -0.25) is 0 Å². The van der Waals surface area contributed by atoms with Crippen LogP contribution in [0, 0.1) is 12.7 Å².